The zero-order valence-corrected chi connectivity index (χ0v) is 31.3. The van der Waals surface area contributed by atoms with Crippen LogP contribution in [0.3, 0.4) is 0 Å². The molecule has 10 rings (SSSR count). The van der Waals surface area contributed by atoms with Crippen LogP contribution in [-0.4, -0.2) is 11.4 Å². The number of benzene rings is 8. The average Bonchev–Trinajstić information content (AvgIpc) is 3.67. The minimum atomic E-state index is 0.931. The number of fused-ring (bicyclic) bond motifs is 8. The zero-order chi connectivity index (χ0) is 34.3. The fourth-order valence-electron chi connectivity index (χ4n) is 7.70. The normalized spacial score (nSPS) is 12.2. The van der Waals surface area contributed by atoms with Crippen molar-refractivity contribution in [2.45, 2.75) is 0 Å². The van der Waals surface area contributed by atoms with Gasteiger partial charge in [0.2, 0.25) is 0 Å². The summed E-state index contributed by atoms with van der Waals surface area (Å²) in [4.78, 5) is 11.2. The van der Waals surface area contributed by atoms with Crippen molar-refractivity contribution in [2.24, 2.45) is 9.98 Å². The maximum absolute atomic E-state index is 5.59. The van der Waals surface area contributed by atoms with Gasteiger partial charge in [0.25, 0.3) is 0 Å². The molecule has 0 fully saturated rings. The Morgan fingerprint density at radius 1 is 0.314 bits per heavy atom. The van der Waals surface area contributed by atoms with Crippen LogP contribution in [0.2, 0.25) is 0 Å². The Hall–Kier alpha value is -4.93. The van der Waals surface area contributed by atoms with E-state index in [0.29, 0.717) is 0 Å². The SMILES string of the molecule is [Br][Ni][Br].c1ccc2c(c1)C(=Nc1ccc3ccccc3c1-c1c(N=C3c4ccccc4-c4ccccc43)ccc3ccccc13)c1ccccc1-2. The monoisotopic (exact) mass is 824 g/mol. The second kappa shape index (κ2) is 13.7. The first-order valence-corrected chi connectivity index (χ1v) is 21.6. The number of rotatable bonds is 3. The summed E-state index contributed by atoms with van der Waals surface area (Å²) in [6, 6.07) is 60.5. The first-order valence-electron chi connectivity index (χ1n) is 16.7. The third kappa shape index (κ3) is 5.52. The maximum Gasteiger partial charge on any atom is 0.0794 e. The van der Waals surface area contributed by atoms with Crippen LogP contribution in [0.15, 0.2) is 180 Å². The third-order valence-corrected chi connectivity index (χ3v) is 9.84. The first kappa shape index (κ1) is 32.0. The molecule has 0 aromatic heterocycles. The molecule has 0 spiro atoms. The second-order valence-electron chi connectivity index (χ2n) is 12.5. The Morgan fingerprint density at radius 2 is 0.588 bits per heavy atom. The van der Waals surface area contributed by atoms with Gasteiger partial charge in [0.05, 0.1) is 22.8 Å². The fourth-order valence-corrected chi connectivity index (χ4v) is 7.70. The molecule has 51 heavy (non-hydrogen) atoms. The molecule has 0 amide bonds. The Bertz CT molecular complexity index is 2430. The largest absolute Gasteiger partial charge is 0.247 e. The summed E-state index contributed by atoms with van der Waals surface area (Å²) >= 11 is 6.00. The van der Waals surface area contributed by atoms with Gasteiger partial charge in [-0.1, -0.05) is 158 Å². The van der Waals surface area contributed by atoms with E-state index in [1.807, 2.05) is 0 Å². The Kier molecular flexibility index (Phi) is 8.57. The van der Waals surface area contributed by atoms with E-state index in [-0.39, 0.29) is 0 Å². The molecule has 2 aliphatic rings. The quantitative estimate of drug-likeness (QED) is 0.159. The minimum Gasteiger partial charge on any atom is -0.247 e. The van der Waals surface area contributed by atoms with Crippen molar-refractivity contribution in [1.82, 2.24) is 0 Å². The number of nitrogens with zero attached hydrogens (tertiary/aromatic N) is 2. The molecule has 8 aromatic carbocycles. The van der Waals surface area contributed by atoms with Crippen LogP contribution in [0.5, 0.6) is 0 Å². The molecule has 0 heterocycles. The molecule has 2 aliphatic carbocycles. The van der Waals surface area contributed by atoms with E-state index in [4.69, 9.17) is 9.98 Å². The van der Waals surface area contributed by atoms with Gasteiger partial charge < -0.3 is 0 Å². The molecule has 0 N–H and O–H groups in total. The molecule has 0 radical (unpaired) electrons. The van der Waals surface area contributed by atoms with Gasteiger partial charge in [0, 0.05) is 33.4 Å². The smallest absolute Gasteiger partial charge is 0.0794 e. The van der Waals surface area contributed by atoms with Gasteiger partial charge in [-0.2, -0.15) is 0 Å². The van der Waals surface area contributed by atoms with Gasteiger partial charge in [-0.15, -0.1) is 0 Å². The molecule has 0 atom stereocenters. The first-order chi connectivity index (χ1) is 25.2. The molecule has 0 unspecified atom stereocenters. The van der Waals surface area contributed by atoms with Gasteiger partial charge >= 0.3 is 39.3 Å². The zero-order valence-electron chi connectivity index (χ0n) is 27.1. The summed E-state index contributed by atoms with van der Waals surface area (Å²) in [6.45, 7) is 0. The van der Waals surface area contributed by atoms with Crippen molar-refractivity contribution in [1.29, 1.82) is 0 Å². The predicted molar refractivity (Wildman–Crippen MR) is 219 cm³/mol. The molecule has 0 saturated carbocycles. The van der Waals surface area contributed by atoms with Gasteiger partial charge in [0.15, 0.2) is 0 Å². The molecular weight excluding hydrogens is 799 g/mol. The number of hydrogen-bond donors (Lipinski definition) is 0. The van der Waals surface area contributed by atoms with E-state index in [1.165, 1.54) is 43.9 Å². The van der Waals surface area contributed by atoms with Crippen LogP contribution in [0.25, 0.3) is 54.9 Å². The standard InChI is InChI=1S/C46H28N2.2BrH.Ni/c1-3-15-31-29(13-1)25-27-41(47-45-37-21-9-5-17-33(37)34-18-6-10-22-38(34)45)43(31)44-32-16-4-2-14-30(32)26-28-42(44)48-46-39-23-11-7-19-35(39)36-20-8-12-24-40(36)46;;;/h1-28H;2*1H;/q;;;+2/p-2. The van der Waals surface area contributed by atoms with Crippen molar-refractivity contribution in [3.63, 3.8) is 0 Å². The van der Waals surface area contributed by atoms with Crippen molar-refractivity contribution < 1.29 is 10.9 Å². The van der Waals surface area contributed by atoms with Crippen LogP contribution in [-0.2, 0) is 10.9 Å². The summed E-state index contributed by atoms with van der Waals surface area (Å²) in [5.41, 5.74) is 15.6. The van der Waals surface area contributed by atoms with Gasteiger partial charge in [-0.05, 0) is 55.9 Å². The van der Waals surface area contributed by atoms with E-state index in [9.17, 15) is 0 Å². The van der Waals surface area contributed by atoms with Crippen molar-refractivity contribution in [2.75, 3.05) is 0 Å². The number of halogens is 2. The summed E-state index contributed by atoms with van der Waals surface area (Å²) in [5.74, 6) is 0. The van der Waals surface area contributed by atoms with Crippen LogP contribution < -0.4 is 0 Å². The summed E-state index contributed by atoms with van der Waals surface area (Å²) in [7, 11) is 1.25. The van der Waals surface area contributed by atoms with Crippen LogP contribution >= 0.6 is 28.5 Å². The van der Waals surface area contributed by atoms with Gasteiger partial charge in [-0.25, -0.2) is 9.98 Å². The van der Waals surface area contributed by atoms with E-state index < -0.39 is 0 Å². The van der Waals surface area contributed by atoms with Crippen molar-refractivity contribution >= 4 is 72.8 Å². The molecule has 0 bridgehead atoms. The molecule has 8 aromatic rings. The molecule has 5 heteroatoms. The van der Waals surface area contributed by atoms with Crippen LogP contribution in [0, 0.1) is 0 Å². The van der Waals surface area contributed by atoms with Crippen molar-refractivity contribution in [3.8, 4) is 33.4 Å². The average molecular weight is 827 g/mol. The van der Waals surface area contributed by atoms with E-state index in [2.05, 4.69) is 198 Å². The third-order valence-electron chi connectivity index (χ3n) is 9.84. The Labute approximate surface area is 317 Å². The number of aliphatic imine (C=N–C) groups is 2. The Balaban J connectivity index is 0.00000112. The van der Waals surface area contributed by atoms with Crippen LogP contribution in [0.1, 0.15) is 22.3 Å². The number of hydrogen-bond acceptors (Lipinski definition) is 2. The van der Waals surface area contributed by atoms with E-state index >= 15 is 0 Å². The van der Waals surface area contributed by atoms with Gasteiger partial charge in [-0.3, -0.25) is 0 Å². The topological polar surface area (TPSA) is 24.7 Å². The summed E-state index contributed by atoms with van der Waals surface area (Å²) < 4.78 is 0. The summed E-state index contributed by atoms with van der Waals surface area (Å²) in [6.07, 6.45) is 0. The van der Waals surface area contributed by atoms with Crippen LogP contribution in [0.4, 0.5) is 11.4 Å². The van der Waals surface area contributed by atoms with Crippen molar-refractivity contribution in [3.05, 3.63) is 192 Å². The molecule has 2 nitrogen and oxygen atoms in total. The molecule has 0 aliphatic heterocycles. The predicted octanol–water partition coefficient (Wildman–Crippen LogP) is 13.6. The van der Waals surface area contributed by atoms with E-state index in [1.54, 1.807) is 0 Å². The minimum absolute atomic E-state index is 0.931. The molecule has 246 valence electrons. The maximum atomic E-state index is 5.59. The Morgan fingerprint density at radius 3 is 0.922 bits per heavy atom. The second-order valence-corrected chi connectivity index (χ2v) is 17.5. The fraction of sp³-hybridized carbons (Fsp3) is 0. The molecular formula is C46H28Br2N2Ni. The van der Waals surface area contributed by atoms with E-state index in [0.717, 1.165) is 67.0 Å². The summed E-state index contributed by atoms with van der Waals surface area (Å²) in [5, 5.41) is 4.66. The molecule has 0 saturated heterocycles. The van der Waals surface area contributed by atoms with Gasteiger partial charge in [0.1, 0.15) is 0 Å².